The van der Waals surface area contributed by atoms with Crippen LogP contribution in [0.5, 0.6) is 11.5 Å². The van der Waals surface area contributed by atoms with E-state index in [0.717, 1.165) is 92.2 Å². The number of nitrogen functional groups attached to an aromatic ring is 1. The SMILES string of the molecule is Nc1nc2c(c(N3CCN(CCOC[C@@H]4CC[C@H](C(=O)O)C4)CC3)n1)CCc1cc(OCc3ccc(OC(F)(F)F)cc3)ccc1-2. The first-order valence-corrected chi connectivity index (χ1v) is 15.7. The summed E-state index contributed by atoms with van der Waals surface area (Å²) < 4.78 is 53.1. The molecule has 3 aliphatic rings. The van der Waals surface area contributed by atoms with Gasteiger partial charge in [-0.15, -0.1) is 13.2 Å². The Balaban J connectivity index is 1.02. The van der Waals surface area contributed by atoms with Crippen LogP contribution in [-0.4, -0.2) is 78.2 Å². The van der Waals surface area contributed by atoms with Gasteiger partial charge in [-0.2, -0.15) is 4.98 Å². The zero-order valence-corrected chi connectivity index (χ0v) is 25.5. The van der Waals surface area contributed by atoms with Gasteiger partial charge >= 0.3 is 12.3 Å². The quantitative estimate of drug-likeness (QED) is 0.278. The summed E-state index contributed by atoms with van der Waals surface area (Å²) in [5.41, 5.74) is 10.9. The fraction of sp³-hybridized carbons (Fsp3) is 0.485. The van der Waals surface area contributed by atoms with Gasteiger partial charge in [-0.25, -0.2) is 4.98 Å². The molecule has 246 valence electrons. The van der Waals surface area contributed by atoms with Crippen LogP contribution in [0.25, 0.3) is 11.3 Å². The number of ether oxygens (including phenoxy) is 3. The number of aromatic nitrogens is 2. The highest BCUT2D eigenvalue weighted by molar-refractivity contribution is 5.76. The molecule has 3 aromatic rings. The van der Waals surface area contributed by atoms with Crippen molar-refractivity contribution in [3.05, 3.63) is 59.2 Å². The summed E-state index contributed by atoms with van der Waals surface area (Å²) >= 11 is 0. The van der Waals surface area contributed by atoms with Crippen LogP contribution in [0.2, 0.25) is 0 Å². The second kappa shape index (κ2) is 13.7. The van der Waals surface area contributed by atoms with Gasteiger partial charge in [-0.3, -0.25) is 9.69 Å². The molecule has 46 heavy (non-hydrogen) atoms. The largest absolute Gasteiger partial charge is 0.573 e. The van der Waals surface area contributed by atoms with Crippen LogP contribution in [0.3, 0.4) is 0 Å². The van der Waals surface area contributed by atoms with Crippen LogP contribution in [0.1, 0.15) is 36.0 Å². The van der Waals surface area contributed by atoms with E-state index >= 15 is 0 Å². The van der Waals surface area contributed by atoms with E-state index in [-0.39, 0.29) is 24.2 Å². The Morgan fingerprint density at radius 1 is 1.00 bits per heavy atom. The summed E-state index contributed by atoms with van der Waals surface area (Å²) in [6.07, 6.45) is -0.794. The summed E-state index contributed by atoms with van der Waals surface area (Å²) in [4.78, 5) is 25.1. The van der Waals surface area contributed by atoms with E-state index in [1.807, 2.05) is 18.2 Å². The predicted octanol–water partition coefficient (Wildman–Crippen LogP) is 4.94. The third kappa shape index (κ3) is 7.81. The first-order valence-electron chi connectivity index (χ1n) is 15.7. The normalized spacial score (nSPS) is 19.8. The molecule has 2 aromatic carbocycles. The van der Waals surface area contributed by atoms with Gasteiger partial charge < -0.3 is 30.0 Å². The van der Waals surface area contributed by atoms with Gasteiger partial charge in [-0.05, 0) is 79.5 Å². The Kier molecular flexibility index (Phi) is 9.50. The van der Waals surface area contributed by atoms with Crippen molar-refractivity contribution in [2.75, 3.05) is 56.6 Å². The molecule has 6 rings (SSSR count). The monoisotopic (exact) mass is 641 g/mol. The molecule has 0 spiro atoms. The van der Waals surface area contributed by atoms with E-state index in [1.54, 1.807) is 12.1 Å². The number of rotatable bonds is 11. The van der Waals surface area contributed by atoms with Crippen LogP contribution in [0, 0.1) is 11.8 Å². The van der Waals surface area contributed by atoms with Crippen LogP contribution in [0.15, 0.2) is 42.5 Å². The lowest BCUT2D eigenvalue weighted by molar-refractivity contribution is -0.274. The highest BCUT2D eigenvalue weighted by Gasteiger charge is 2.32. The van der Waals surface area contributed by atoms with E-state index in [0.29, 0.717) is 31.3 Å². The molecule has 2 fully saturated rings. The Morgan fingerprint density at radius 3 is 2.48 bits per heavy atom. The minimum atomic E-state index is -4.73. The molecular weight excluding hydrogens is 603 g/mol. The van der Waals surface area contributed by atoms with Crippen LogP contribution in [0.4, 0.5) is 24.9 Å². The lowest BCUT2D eigenvalue weighted by Gasteiger charge is -2.37. The maximum atomic E-state index is 12.4. The van der Waals surface area contributed by atoms with Gasteiger partial charge in [0.05, 0.1) is 18.2 Å². The van der Waals surface area contributed by atoms with E-state index < -0.39 is 12.3 Å². The Labute approximate surface area is 265 Å². The van der Waals surface area contributed by atoms with Gasteiger partial charge in [0.15, 0.2) is 0 Å². The average molecular weight is 642 g/mol. The van der Waals surface area contributed by atoms with Crippen molar-refractivity contribution in [1.82, 2.24) is 14.9 Å². The number of carboxylic acid groups (broad SMARTS) is 1. The Bertz CT molecular complexity index is 1530. The molecule has 1 saturated heterocycles. The molecule has 13 heteroatoms. The zero-order valence-electron chi connectivity index (χ0n) is 25.5. The Hall–Kier alpha value is -4.10. The maximum absolute atomic E-state index is 12.4. The molecule has 2 aliphatic carbocycles. The average Bonchev–Trinajstić information content (AvgIpc) is 3.51. The molecule has 0 radical (unpaired) electrons. The molecule has 10 nitrogen and oxygen atoms in total. The third-order valence-corrected chi connectivity index (χ3v) is 9.01. The standard InChI is InChI=1S/C33H38F3N5O5/c34-33(35,36)46-25-6-2-21(3-7-25)20-45-26-8-10-27-23(18-26)5-9-28-29(27)38-32(37)39-30(28)41-13-11-40(12-14-41)15-16-44-19-22-1-4-24(17-22)31(42)43/h2-3,6-8,10,18,22,24H,1,4-5,9,11-17,19-20H2,(H,42,43)(H2,37,38,39)/t22-,24+/m1/s1. The number of halogens is 3. The molecule has 0 bridgehead atoms. The van der Waals surface area contributed by atoms with Gasteiger partial charge in [0.2, 0.25) is 5.95 Å². The number of aliphatic carboxylic acids is 1. The number of nitrogens with zero attached hydrogens (tertiary/aromatic N) is 4. The second-order valence-electron chi connectivity index (χ2n) is 12.1. The van der Waals surface area contributed by atoms with Gasteiger partial charge in [0.25, 0.3) is 0 Å². The van der Waals surface area contributed by atoms with Gasteiger partial charge in [0.1, 0.15) is 23.9 Å². The first-order chi connectivity index (χ1) is 22.1. The summed E-state index contributed by atoms with van der Waals surface area (Å²) in [6, 6.07) is 11.4. The fourth-order valence-corrected chi connectivity index (χ4v) is 6.59. The van der Waals surface area contributed by atoms with Crippen molar-refractivity contribution in [2.45, 2.75) is 45.1 Å². The first kappa shape index (κ1) is 31.9. The minimum absolute atomic E-state index is 0.201. The molecule has 0 amide bonds. The summed E-state index contributed by atoms with van der Waals surface area (Å²) in [5.74, 6) is 0.928. The van der Waals surface area contributed by atoms with E-state index in [9.17, 15) is 23.1 Å². The molecule has 0 unspecified atom stereocenters. The number of alkyl halides is 3. The van der Waals surface area contributed by atoms with E-state index in [1.165, 1.54) is 12.1 Å². The molecule has 2 heterocycles. The van der Waals surface area contributed by atoms with E-state index in [4.69, 9.17) is 15.2 Å². The number of hydrogen-bond acceptors (Lipinski definition) is 9. The number of carbonyl (C=O) groups is 1. The highest BCUT2D eigenvalue weighted by Crippen LogP contribution is 2.39. The van der Waals surface area contributed by atoms with E-state index in [2.05, 4.69) is 24.5 Å². The lowest BCUT2D eigenvalue weighted by atomic mass is 9.88. The number of nitrogens with two attached hydrogens (primary N) is 1. The molecule has 1 aromatic heterocycles. The van der Waals surface area contributed by atoms with Crippen molar-refractivity contribution >= 4 is 17.7 Å². The second-order valence-corrected chi connectivity index (χ2v) is 12.1. The van der Waals surface area contributed by atoms with Crippen LogP contribution >= 0.6 is 0 Å². The summed E-state index contributed by atoms with van der Waals surface area (Å²) in [6.45, 7) is 5.68. The van der Waals surface area contributed by atoms with Gasteiger partial charge in [-0.1, -0.05) is 12.1 Å². The summed E-state index contributed by atoms with van der Waals surface area (Å²) in [5, 5.41) is 9.19. The zero-order chi connectivity index (χ0) is 32.3. The lowest BCUT2D eigenvalue weighted by Crippen LogP contribution is -2.48. The number of piperazine rings is 1. The predicted molar refractivity (Wildman–Crippen MR) is 165 cm³/mol. The van der Waals surface area contributed by atoms with Gasteiger partial charge in [0, 0.05) is 50.5 Å². The number of fused-ring (bicyclic) bond motifs is 3. The minimum Gasteiger partial charge on any atom is -0.489 e. The van der Waals surface area contributed by atoms with Crippen LogP contribution < -0.4 is 20.1 Å². The molecular formula is C33H38F3N5O5. The topological polar surface area (TPSA) is 123 Å². The number of hydrogen-bond donors (Lipinski definition) is 2. The van der Waals surface area contributed by atoms with Crippen molar-refractivity contribution < 1.29 is 37.3 Å². The highest BCUT2D eigenvalue weighted by atomic mass is 19.4. The molecule has 3 N–H and O–H groups in total. The number of benzene rings is 2. The smallest absolute Gasteiger partial charge is 0.489 e. The summed E-state index contributed by atoms with van der Waals surface area (Å²) in [7, 11) is 0. The maximum Gasteiger partial charge on any atom is 0.573 e. The molecule has 1 aliphatic heterocycles. The van der Waals surface area contributed by atoms with Crippen molar-refractivity contribution in [3.8, 4) is 22.8 Å². The van der Waals surface area contributed by atoms with Crippen molar-refractivity contribution in [3.63, 3.8) is 0 Å². The molecule has 1 saturated carbocycles. The molecule has 2 atom stereocenters. The third-order valence-electron chi connectivity index (χ3n) is 9.01. The Morgan fingerprint density at radius 2 is 1.76 bits per heavy atom. The van der Waals surface area contributed by atoms with Crippen LogP contribution in [-0.2, 0) is 29.0 Å². The number of aryl methyl sites for hydroxylation is 1. The number of carboxylic acids is 1. The number of anilines is 2. The fourth-order valence-electron chi connectivity index (χ4n) is 6.59. The van der Waals surface area contributed by atoms with Crippen molar-refractivity contribution in [2.24, 2.45) is 11.8 Å². The van der Waals surface area contributed by atoms with Crippen molar-refractivity contribution in [1.29, 1.82) is 0 Å².